The molecular weight excluding hydrogens is 320 g/mol. The lowest BCUT2D eigenvalue weighted by atomic mass is 10.2. The number of hydrogen-bond donors (Lipinski definition) is 1. The van der Waals surface area contributed by atoms with Gasteiger partial charge in [0.25, 0.3) is 0 Å². The molecule has 0 radical (unpaired) electrons. The molecule has 6 nitrogen and oxygen atoms in total. The molecule has 0 amide bonds. The van der Waals surface area contributed by atoms with Crippen LogP contribution in [0.2, 0.25) is 5.02 Å². The van der Waals surface area contributed by atoms with E-state index in [0.717, 1.165) is 0 Å². The molecule has 0 saturated heterocycles. The lowest BCUT2D eigenvalue weighted by Crippen LogP contribution is -2.12. The summed E-state index contributed by atoms with van der Waals surface area (Å²) in [6, 6.07) is 2.55. The number of methoxy groups -OCH3 is 1. The van der Waals surface area contributed by atoms with Crippen LogP contribution in [0.25, 0.3) is 0 Å². The van der Waals surface area contributed by atoms with Crippen molar-refractivity contribution < 1.29 is 27.8 Å². The summed E-state index contributed by atoms with van der Waals surface area (Å²) in [5, 5.41) is 9.03. The van der Waals surface area contributed by atoms with Gasteiger partial charge in [-0.2, -0.15) is 0 Å². The maximum Gasteiger partial charge on any atom is 0.335 e. The molecule has 21 heavy (non-hydrogen) atoms. The topological polar surface area (TPSA) is 89.9 Å². The van der Waals surface area contributed by atoms with Gasteiger partial charge in [0.1, 0.15) is 9.84 Å². The highest BCUT2D eigenvalue weighted by Crippen LogP contribution is 2.36. The van der Waals surface area contributed by atoms with Crippen molar-refractivity contribution in [2.24, 2.45) is 0 Å². The number of carbonyl (C=O) groups is 1. The molecule has 0 unspecified atom stereocenters. The van der Waals surface area contributed by atoms with Crippen molar-refractivity contribution in [2.45, 2.75) is 13.3 Å². The summed E-state index contributed by atoms with van der Waals surface area (Å²) in [5.74, 6) is -0.617. The summed E-state index contributed by atoms with van der Waals surface area (Å²) in [6.45, 7) is 1.72. The highest BCUT2D eigenvalue weighted by molar-refractivity contribution is 7.91. The summed E-state index contributed by atoms with van der Waals surface area (Å²) in [5.41, 5.74) is -0.0160. The van der Waals surface area contributed by atoms with Crippen LogP contribution in [-0.4, -0.2) is 44.7 Å². The number of halogens is 1. The molecule has 0 spiro atoms. The van der Waals surface area contributed by atoms with Crippen molar-refractivity contribution in [1.29, 1.82) is 0 Å². The van der Waals surface area contributed by atoms with E-state index in [1.807, 2.05) is 0 Å². The van der Waals surface area contributed by atoms with E-state index in [-0.39, 0.29) is 40.2 Å². The summed E-state index contributed by atoms with van der Waals surface area (Å²) in [7, 11) is -1.67. The molecule has 1 aromatic rings. The minimum absolute atomic E-state index is 0.0160. The quantitative estimate of drug-likeness (QED) is 0.732. The zero-order chi connectivity index (χ0) is 16.0. The van der Waals surface area contributed by atoms with Crippen LogP contribution < -0.4 is 9.47 Å². The molecule has 0 aromatic heterocycles. The zero-order valence-corrected chi connectivity index (χ0v) is 13.3. The Balaban J connectivity index is 2.77. The Bertz CT molecular complexity index is 611. The molecule has 0 aliphatic heterocycles. The number of carboxylic acid groups (broad SMARTS) is 1. The standard InChI is InChI=1S/C13H17ClO6S/c1-3-21(17,18)6-4-5-20-12-10(14)7-9(13(15)16)8-11(12)19-2/h7-8H,3-6H2,1-2H3,(H,15,16). The molecule has 1 N–H and O–H groups in total. The van der Waals surface area contributed by atoms with Gasteiger partial charge in [-0.1, -0.05) is 18.5 Å². The highest BCUT2D eigenvalue weighted by Gasteiger charge is 2.15. The van der Waals surface area contributed by atoms with Gasteiger partial charge in [-0.25, -0.2) is 13.2 Å². The Morgan fingerprint density at radius 1 is 1.38 bits per heavy atom. The van der Waals surface area contributed by atoms with Crippen molar-refractivity contribution in [3.05, 3.63) is 22.7 Å². The first-order valence-corrected chi connectivity index (χ1v) is 8.44. The monoisotopic (exact) mass is 336 g/mol. The third-order valence-electron chi connectivity index (χ3n) is 2.76. The molecule has 0 aliphatic rings. The Kier molecular flexibility index (Phi) is 6.29. The van der Waals surface area contributed by atoms with Crippen LogP contribution in [0.4, 0.5) is 0 Å². The largest absolute Gasteiger partial charge is 0.493 e. The summed E-state index contributed by atoms with van der Waals surface area (Å²) < 4.78 is 33.2. The van der Waals surface area contributed by atoms with E-state index in [1.54, 1.807) is 6.92 Å². The molecule has 118 valence electrons. The van der Waals surface area contributed by atoms with E-state index in [2.05, 4.69) is 0 Å². The fraction of sp³-hybridized carbons (Fsp3) is 0.462. The van der Waals surface area contributed by atoms with Crippen molar-refractivity contribution in [3.8, 4) is 11.5 Å². The number of benzene rings is 1. The average Bonchev–Trinajstić information content (AvgIpc) is 2.44. The highest BCUT2D eigenvalue weighted by atomic mass is 35.5. The van der Waals surface area contributed by atoms with E-state index in [0.29, 0.717) is 6.42 Å². The van der Waals surface area contributed by atoms with Gasteiger partial charge in [0.05, 0.1) is 30.1 Å². The number of sulfone groups is 1. The molecule has 0 saturated carbocycles. The van der Waals surface area contributed by atoms with Crippen LogP contribution in [0.3, 0.4) is 0 Å². The van der Waals surface area contributed by atoms with E-state index in [4.69, 9.17) is 26.2 Å². The number of hydrogen-bond acceptors (Lipinski definition) is 5. The second-order valence-electron chi connectivity index (χ2n) is 4.23. The van der Waals surface area contributed by atoms with E-state index in [9.17, 15) is 13.2 Å². The number of ether oxygens (including phenoxy) is 2. The van der Waals surface area contributed by atoms with Gasteiger partial charge in [-0.15, -0.1) is 0 Å². The van der Waals surface area contributed by atoms with E-state index in [1.165, 1.54) is 19.2 Å². The van der Waals surface area contributed by atoms with Crippen LogP contribution >= 0.6 is 11.6 Å². The summed E-state index contributed by atoms with van der Waals surface area (Å²) in [4.78, 5) is 10.9. The average molecular weight is 337 g/mol. The van der Waals surface area contributed by atoms with E-state index >= 15 is 0 Å². The van der Waals surface area contributed by atoms with Gasteiger partial charge in [-0.05, 0) is 18.6 Å². The molecule has 0 heterocycles. The number of carboxylic acids is 1. The van der Waals surface area contributed by atoms with Gasteiger partial charge in [0.15, 0.2) is 11.5 Å². The SMILES string of the molecule is CCS(=O)(=O)CCCOc1c(Cl)cc(C(=O)O)cc1OC. The molecule has 0 fully saturated rings. The molecule has 1 rings (SSSR count). The minimum Gasteiger partial charge on any atom is -0.493 e. The van der Waals surface area contributed by atoms with Crippen LogP contribution in [0, 0.1) is 0 Å². The molecule has 1 aromatic carbocycles. The Hall–Kier alpha value is -1.47. The predicted molar refractivity (Wildman–Crippen MR) is 79.4 cm³/mol. The van der Waals surface area contributed by atoms with Gasteiger partial charge < -0.3 is 14.6 Å². The second kappa shape index (κ2) is 7.51. The fourth-order valence-electron chi connectivity index (χ4n) is 1.58. The Morgan fingerprint density at radius 3 is 2.57 bits per heavy atom. The van der Waals surface area contributed by atoms with Gasteiger partial charge in [-0.3, -0.25) is 0 Å². The van der Waals surface area contributed by atoms with Crippen LogP contribution in [-0.2, 0) is 9.84 Å². The van der Waals surface area contributed by atoms with Crippen molar-refractivity contribution >= 4 is 27.4 Å². The third kappa shape index (κ3) is 5.09. The Morgan fingerprint density at radius 2 is 2.05 bits per heavy atom. The van der Waals surface area contributed by atoms with Crippen LogP contribution in [0.5, 0.6) is 11.5 Å². The van der Waals surface area contributed by atoms with Crippen molar-refractivity contribution in [3.63, 3.8) is 0 Å². The molecular formula is C13H17ClO6S. The van der Waals surface area contributed by atoms with Gasteiger partial charge in [0, 0.05) is 5.75 Å². The minimum atomic E-state index is -3.04. The first-order valence-electron chi connectivity index (χ1n) is 6.24. The lowest BCUT2D eigenvalue weighted by Gasteiger charge is -2.13. The normalized spacial score (nSPS) is 11.2. The Labute approximate surface area is 128 Å². The van der Waals surface area contributed by atoms with Crippen molar-refractivity contribution in [2.75, 3.05) is 25.2 Å². The number of aromatic carboxylic acids is 1. The third-order valence-corrected chi connectivity index (χ3v) is 4.83. The summed E-state index contributed by atoms with van der Waals surface area (Å²) in [6.07, 6.45) is 0.316. The first-order chi connectivity index (χ1) is 9.80. The fourth-order valence-corrected chi connectivity index (χ4v) is 2.69. The molecule has 0 aliphatic carbocycles. The predicted octanol–water partition coefficient (Wildman–Crippen LogP) is 2.25. The summed E-state index contributed by atoms with van der Waals surface area (Å²) >= 11 is 5.97. The first kappa shape index (κ1) is 17.6. The van der Waals surface area contributed by atoms with Crippen molar-refractivity contribution in [1.82, 2.24) is 0 Å². The van der Waals surface area contributed by atoms with Gasteiger partial charge >= 0.3 is 5.97 Å². The zero-order valence-electron chi connectivity index (χ0n) is 11.8. The van der Waals surface area contributed by atoms with Crippen LogP contribution in [0.1, 0.15) is 23.7 Å². The lowest BCUT2D eigenvalue weighted by molar-refractivity contribution is 0.0696. The second-order valence-corrected chi connectivity index (χ2v) is 7.11. The molecule has 0 bridgehead atoms. The maximum atomic E-state index is 11.3. The molecule has 0 atom stereocenters. The maximum absolute atomic E-state index is 11.3. The van der Waals surface area contributed by atoms with E-state index < -0.39 is 15.8 Å². The number of rotatable bonds is 8. The molecule has 8 heteroatoms. The van der Waals surface area contributed by atoms with Crippen LogP contribution in [0.15, 0.2) is 12.1 Å². The smallest absolute Gasteiger partial charge is 0.335 e. The van der Waals surface area contributed by atoms with Gasteiger partial charge in [0.2, 0.25) is 0 Å².